The van der Waals surface area contributed by atoms with E-state index < -0.39 is 12.1 Å². The Morgan fingerprint density at radius 2 is 1.67 bits per heavy atom. The zero-order valence-electron chi connectivity index (χ0n) is 13.7. The average Bonchev–Trinajstić information content (AvgIpc) is 2.25. The average molecular weight is 323 g/mol. The summed E-state index contributed by atoms with van der Waals surface area (Å²) in [4.78, 5) is 22.4. The first-order valence-electron chi connectivity index (χ1n) is 7.44. The number of halogens is 1. The molecule has 126 valence electrons. The van der Waals surface area contributed by atoms with E-state index in [0.29, 0.717) is 17.4 Å². The SMILES string of the molecule is CCCCCCCC(=O)OC(CC(=O)[O-])C[N+](C)(C)C.[Cl-]. The van der Waals surface area contributed by atoms with Crippen molar-refractivity contribution in [3.63, 3.8) is 0 Å². The van der Waals surface area contributed by atoms with Crippen molar-refractivity contribution < 1.29 is 36.3 Å². The van der Waals surface area contributed by atoms with Crippen molar-refractivity contribution in [3.8, 4) is 0 Å². The first-order valence-corrected chi connectivity index (χ1v) is 7.44. The maximum atomic E-state index is 11.7. The number of unbranched alkanes of at least 4 members (excludes halogenated alkanes) is 4. The Kier molecular flexibility index (Phi) is 12.6. The molecule has 0 radical (unpaired) electrons. The Balaban J connectivity index is 0. The molecule has 0 bridgehead atoms. The van der Waals surface area contributed by atoms with Crippen molar-refractivity contribution in [2.24, 2.45) is 0 Å². The molecule has 0 aliphatic heterocycles. The highest BCUT2D eigenvalue weighted by molar-refractivity contribution is 5.70. The zero-order chi connectivity index (χ0) is 15.6. The number of carboxylic acid groups (broad SMARTS) is 1. The van der Waals surface area contributed by atoms with Gasteiger partial charge in [-0.2, -0.15) is 0 Å². The molecule has 0 fully saturated rings. The summed E-state index contributed by atoms with van der Waals surface area (Å²) < 4.78 is 5.81. The van der Waals surface area contributed by atoms with Crippen LogP contribution in [0.5, 0.6) is 0 Å². The summed E-state index contributed by atoms with van der Waals surface area (Å²) in [5.41, 5.74) is 0. The van der Waals surface area contributed by atoms with Crippen LogP contribution in [-0.2, 0) is 14.3 Å². The summed E-state index contributed by atoms with van der Waals surface area (Å²) >= 11 is 0. The van der Waals surface area contributed by atoms with Crippen molar-refractivity contribution in [1.82, 2.24) is 0 Å². The maximum Gasteiger partial charge on any atom is 0.306 e. The third-order valence-corrected chi connectivity index (χ3v) is 2.93. The first kappa shape index (κ1) is 22.5. The number of hydrogen-bond donors (Lipinski definition) is 0. The quantitative estimate of drug-likeness (QED) is 0.253. The van der Waals surface area contributed by atoms with Gasteiger partial charge in [0, 0.05) is 18.8 Å². The van der Waals surface area contributed by atoms with E-state index >= 15 is 0 Å². The van der Waals surface area contributed by atoms with Crippen LogP contribution in [0.4, 0.5) is 0 Å². The molecule has 0 aliphatic rings. The lowest BCUT2D eigenvalue weighted by atomic mass is 10.1. The Morgan fingerprint density at radius 3 is 2.14 bits per heavy atom. The van der Waals surface area contributed by atoms with Gasteiger partial charge in [-0.05, 0) is 6.42 Å². The van der Waals surface area contributed by atoms with Gasteiger partial charge in [0.2, 0.25) is 0 Å². The van der Waals surface area contributed by atoms with Gasteiger partial charge >= 0.3 is 5.97 Å². The predicted molar refractivity (Wildman–Crippen MR) is 75.8 cm³/mol. The van der Waals surface area contributed by atoms with Crippen molar-refractivity contribution >= 4 is 11.9 Å². The number of quaternary nitrogens is 1. The Bertz CT molecular complexity index is 303. The van der Waals surface area contributed by atoms with E-state index in [4.69, 9.17) is 4.74 Å². The number of hydrogen-bond acceptors (Lipinski definition) is 4. The van der Waals surface area contributed by atoms with Crippen LogP contribution in [0.2, 0.25) is 0 Å². The van der Waals surface area contributed by atoms with Crippen LogP contribution in [-0.4, -0.2) is 50.2 Å². The molecular formula is C15H29ClNO4-. The van der Waals surface area contributed by atoms with Gasteiger partial charge in [-0.3, -0.25) is 4.79 Å². The van der Waals surface area contributed by atoms with Crippen molar-refractivity contribution in [1.29, 1.82) is 0 Å². The number of likely N-dealkylation sites (N-methyl/N-ethyl adjacent to an activating group) is 1. The summed E-state index contributed by atoms with van der Waals surface area (Å²) in [6, 6.07) is 0. The van der Waals surface area contributed by atoms with Gasteiger partial charge in [-0.1, -0.05) is 32.6 Å². The molecule has 1 atom stereocenters. The molecule has 0 spiro atoms. The van der Waals surface area contributed by atoms with Gasteiger partial charge in [0.15, 0.2) is 6.10 Å². The largest absolute Gasteiger partial charge is 1.00 e. The number of carbonyl (C=O) groups is 2. The second-order valence-corrected chi connectivity index (χ2v) is 6.33. The predicted octanol–water partition coefficient (Wildman–Crippen LogP) is -1.89. The van der Waals surface area contributed by atoms with E-state index in [-0.39, 0.29) is 24.8 Å². The molecule has 6 heteroatoms. The lowest BCUT2D eigenvalue weighted by Crippen LogP contribution is -3.00. The lowest BCUT2D eigenvalue weighted by molar-refractivity contribution is -0.873. The van der Waals surface area contributed by atoms with Crippen LogP contribution < -0.4 is 17.5 Å². The first-order chi connectivity index (χ1) is 9.24. The molecule has 0 heterocycles. The molecule has 0 aromatic heterocycles. The number of carboxylic acids is 1. The molecule has 5 nitrogen and oxygen atoms in total. The molecule has 0 aliphatic carbocycles. The van der Waals surface area contributed by atoms with Gasteiger partial charge in [0.1, 0.15) is 6.54 Å². The summed E-state index contributed by atoms with van der Waals surface area (Å²) in [7, 11) is 5.79. The number of esters is 1. The molecule has 21 heavy (non-hydrogen) atoms. The van der Waals surface area contributed by atoms with Gasteiger partial charge < -0.3 is 31.5 Å². The summed E-state index contributed by atoms with van der Waals surface area (Å²) in [6.07, 6.45) is 4.83. The molecule has 0 saturated heterocycles. The van der Waals surface area contributed by atoms with Gasteiger partial charge in [-0.15, -0.1) is 0 Å². The molecule has 0 saturated carbocycles. The van der Waals surface area contributed by atoms with E-state index in [1.807, 2.05) is 21.1 Å². The van der Waals surface area contributed by atoms with Crippen LogP contribution in [0, 0.1) is 0 Å². The fourth-order valence-electron chi connectivity index (χ4n) is 2.06. The number of carbonyl (C=O) groups excluding carboxylic acids is 2. The molecule has 0 N–H and O–H groups in total. The van der Waals surface area contributed by atoms with Crippen molar-refractivity contribution in [2.45, 2.75) is 58.0 Å². The minimum absolute atomic E-state index is 0. The maximum absolute atomic E-state index is 11.7. The van der Waals surface area contributed by atoms with Gasteiger partial charge in [-0.25, -0.2) is 0 Å². The van der Waals surface area contributed by atoms with Crippen LogP contribution in [0.1, 0.15) is 51.9 Å². The number of aliphatic carboxylic acids is 1. The smallest absolute Gasteiger partial charge is 0.306 e. The molecule has 0 aromatic carbocycles. The Hall–Kier alpha value is -0.810. The molecule has 1 unspecified atom stereocenters. The minimum atomic E-state index is -1.18. The summed E-state index contributed by atoms with van der Waals surface area (Å²) in [5, 5.41) is 10.7. The van der Waals surface area contributed by atoms with E-state index in [9.17, 15) is 14.7 Å². The second kappa shape index (κ2) is 11.8. The zero-order valence-corrected chi connectivity index (χ0v) is 14.4. The topological polar surface area (TPSA) is 66.4 Å². The Morgan fingerprint density at radius 1 is 1.10 bits per heavy atom. The van der Waals surface area contributed by atoms with Crippen molar-refractivity contribution in [3.05, 3.63) is 0 Å². The molecule has 0 aromatic rings. The number of rotatable bonds is 11. The fourth-order valence-corrected chi connectivity index (χ4v) is 2.06. The number of ether oxygens (including phenoxy) is 1. The summed E-state index contributed by atoms with van der Waals surface area (Å²) in [6.45, 7) is 2.61. The summed E-state index contributed by atoms with van der Waals surface area (Å²) in [5.74, 6) is -1.49. The molecule has 0 amide bonds. The highest BCUT2D eigenvalue weighted by Crippen LogP contribution is 2.09. The third kappa shape index (κ3) is 15.4. The fraction of sp³-hybridized carbons (Fsp3) is 0.867. The molecular weight excluding hydrogens is 294 g/mol. The van der Waals surface area contributed by atoms with Crippen LogP contribution in [0.25, 0.3) is 0 Å². The monoisotopic (exact) mass is 322 g/mol. The van der Waals surface area contributed by atoms with Crippen molar-refractivity contribution in [2.75, 3.05) is 27.7 Å². The van der Waals surface area contributed by atoms with E-state index in [1.54, 1.807) is 0 Å². The van der Waals surface area contributed by atoms with Gasteiger partial charge in [0.05, 0.1) is 21.1 Å². The Labute approximate surface area is 134 Å². The highest BCUT2D eigenvalue weighted by atomic mass is 35.5. The number of nitrogens with zero attached hydrogens (tertiary/aromatic N) is 1. The van der Waals surface area contributed by atoms with Crippen LogP contribution in [0.15, 0.2) is 0 Å². The normalized spacial score (nSPS) is 12.4. The second-order valence-electron chi connectivity index (χ2n) is 6.33. The third-order valence-electron chi connectivity index (χ3n) is 2.93. The van der Waals surface area contributed by atoms with E-state index in [2.05, 4.69) is 6.92 Å². The minimum Gasteiger partial charge on any atom is -1.00 e. The molecule has 0 rings (SSSR count). The standard InChI is InChI=1S/C15H29NO4.ClH/c1-5-6-7-8-9-10-15(19)20-13(11-14(17)18)12-16(2,3)4;/h13H,5-12H2,1-4H3;1H/p-1. The lowest BCUT2D eigenvalue weighted by Gasteiger charge is -2.29. The van der Waals surface area contributed by atoms with Crippen LogP contribution in [0.3, 0.4) is 0 Å². The van der Waals surface area contributed by atoms with E-state index in [0.717, 1.165) is 19.3 Å². The van der Waals surface area contributed by atoms with E-state index in [1.165, 1.54) is 12.8 Å². The highest BCUT2D eigenvalue weighted by Gasteiger charge is 2.22. The van der Waals surface area contributed by atoms with Crippen LogP contribution >= 0.6 is 0 Å². The van der Waals surface area contributed by atoms with Gasteiger partial charge in [0.25, 0.3) is 0 Å².